The number of fused-ring (bicyclic) bond motifs is 1. The summed E-state index contributed by atoms with van der Waals surface area (Å²) in [5.41, 5.74) is 1.19. The number of nitrogens with zero attached hydrogens (tertiary/aromatic N) is 4. The van der Waals surface area contributed by atoms with Crippen LogP contribution in [0.5, 0.6) is 0 Å². The smallest absolute Gasteiger partial charge is 0.267 e. The van der Waals surface area contributed by atoms with E-state index in [0.717, 1.165) is 5.39 Å². The van der Waals surface area contributed by atoms with E-state index >= 15 is 0 Å². The van der Waals surface area contributed by atoms with E-state index in [4.69, 9.17) is 0 Å². The second kappa shape index (κ2) is 6.18. The first-order valence-electron chi connectivity index (χ1n) is 8.21. The van der Waals surface area contributed by atoms with Gasteiger partial charge in [0.05, 0.1) is 22.7 Å². The van der Waals surface area contributed by atoms with Gasteiger partial charge in [-0.2, -0.15) is 10.2 Å². The van der Waals surface area contributed by atoms with Crippen molar-refractivity contribution in [2.45, 2.75) is 19.8 Å². The summed E-state index contributed by atoms with van der Waals surface area (Å²) in [6.07, 6.45) is 0. The molecule has 0 saturated heterocycles. The van der Waals surface area contributed by atoms with Gasteiger partial charge in [0.2, 0.25) is 0 Å². The van der Waals surface area contributed by atoms with Gasteiger partial charge in [0.25, 0.3) is 5.56 Å². The summed E-state index contributed by atoms with van der Waals surface area (Å²) in [5, 5.41) is 12.6. The molecule has 2 heterocycles. The molecule has 6 nitrogen and oxygen atoms in total. The molecule has 4 rings (SSSR count). The molecule has 0 unspecified atom stereocenters. The lowest BCUT2D eigenvalue weighted by Gasteiger charge is -2.14. The lowest BCUT2D eigenvalue weighted by atomic mass is 10.0. The van der Waals surface area contributed by atoms with Crippen molar-refractivity contribution in [2.75, 3.05) is 0 Å². The van der Waals surface area contributed by atoms with Crippen LogP contribution in [-0.4, -0.2) is 25.0 Å². The van der Waals surface area contributed by atoms with E-state index in [-0.39, 0.29) is 17.3 Å². The van der Waals surface area contributed by atoms with Gasteiger partial charge in [-0.15, -0.1) is 0 Å². The van der Waals surface area contributed by atoms with Crippen molar-refractivity contribution in [2.24, 2.45) is 0 Å². The largest absolute Gasteiger partial charge is 0.272 e. The molecule has 2 aromatic heterocycles. The maximum absolute atomic E-state index is 13.3. The van der Waals surface area contributed by atoms with Gasteiger partial charge in [-0.05, 0) is 44.2 Å². The summed E-state index contributed by atoms with van der Waals surface area (Å²) in [4.78, 5) is 16.6. The first-order valence-corrected chi connectivity index (χ1v) is 8.21. The Morgan fingerprint density at radius 2 is 1.77 bits per heavy atom. The summed E-state index contributed by atoms with van der Waals surface area (Å²) in [6.45, 7) is 3.76. The molecule has 0 fully saturated rings. The maximum Gasteiger partial charge on any atom is 0.272 e. The fourth-order valence-corrected chi connectivity index (χ4v) is 3.07. The minimum Gasteiger partial charge on any atom is -0.267 e. The second-order valence-corrected chi connectivity index (χ2v) is 6.11. The fourth-order valence-electron chi connectivity index (χ4n) is 3.07. The van der Waals surface area contributed by atoms with Crippen LogP contribution in [0.25, 0.3) is 16.5 Å². The van der Waals surface area contributed by atoms with E-state index in [1.54, 1.807) is 29.8 Å². The monoisotopic (exact) mass is 349 g/mol. The number of aromatic nitrogens is 5. The third-order valence-corrected chi connectivity index (χ3v) is 4.33. The first-order chi connectivity index (χ1) is 12.5. The zero-order valence-electron chi connectivity index (χ0n) is 14.3. The first kappa shape index (κ1) is 16.1. The number of aromatic amines is 1. The normalized spacial score (nSPS) is 12.4. The van der Waals surface area contributed by atoms with Crippen molar-refractivity contribution in [3.05, 3.63) is 82.0 Å². The number of aryl methyl sites for hydroxylation is 1. The highest BCUT2D eigenvalue weighted by atomic mass is 19.1. The van der Waals surface area contributed by atoms with Gasteiger partial charge in [0.15, 0.2) is 0 Å². The summed E-state index contributed by atoms with van der Waals surface area (Å²) in [7, 11) is 0. The Balaban J connectivity index is 1.88. The van der Waals surface area contributed by atoms with Gasteiger partial charge >= 0.3 is 0 Å². The van der Waals surface area contributed by atoms with E-state index in [2.05, 4.69) is 20.3 Å². The summed E-state index contributed by atoms with van der Waals surface area (Å²) < 4.78 is 14.9. The van der Waals surface area contributed by atoms with E-state index in [9.17, 15) is 9.18 Å². The molecule has 1 atom stereocenters. The minimum atomic E-state index is -0.312. The van der Waals surface area contributed by atoms with Gasteiger partial charge in [-0.1, -0.05) is 18.2 Å². The van der Waals surface area contributed by atoms with Crippen LogP contribution < -0.4 is 5.56 Å². The molecule has 1 N–H and O–H groups in total. The number of rotatable bonds is 3. The number of hydrogen-bond donors (Lipinski definition) is 1. The third-order valence-electron chi connectivity index (χ3n) is 4.33. The molecule has 26 heavy (non-hydrogen) atoms. The van der Waals surface area contributed by atoms with Gasteiger partial charge in [0.1, 0.15) is 17.5 Å². The van der Waals surface area contributed by atoms with Crippen LogP contribution >= 0.6 is 0 Å². The molecule has 0 aliphatic rings. The molecular formula is C19H16FN5O. The fraction of sp³-hybridized carbons (Fsp3) is 0.158. The van der Waals surface area contributed by atoms with Crippen molar-refractivity contribution < 1.29 is 4.39 Å². The number of H-pyrrole nitrogens is 1. The Kier molecular flexibility index (Phi) is 3.84. The molecule has 0 saturated carbocycles. The molecule has 130 valence electrons. The zero-order valence-corrected chi connectivity index (χ0v) is 14.3. The lowest BCUT2D eigenvalue weighted by Crippen LogP contribution is -2.15. The predicted molar refractivity (Wildman–Crippen MR) is 95.9 cm³/mol. The van der Waals surface area contributed by atoms with Crippen LogP contribution in [-0.2, 0) is 0 Å². The number of halogens is 1. The Bertz CT molecular complexity index is 1150. The molecule has 7 heteroatoms. The van der Waals surface area contributed by atoms with Crippen LogP contribution in [0.3, 0.4) is 0 Å². The van der Waals surface area contributed by atoms with Crippen molar-refractivity contribution in [3.8, 4) is 5.69 Å². The zero-order chi connectivity index (χ0) is 18.3. The van der Waals surface area contributed by atoms with E-state index < -0.39 is 0 Å². The number of benzene rings is 2. The van der Waals surface area contributed by atoms with E-state index in [1.165, 1.54) is 12.1 Å². The van der Waals surface area contributed by atoms with Gasteiger partial charge < -0.3 is 0 Å². The molecule has 4 aromatic rings. The highest BCUT2D eigenvalue weighted by molar-refractivity contribution is 5.84. The molecular weight excluding hydrogens is 333 g/mol. The third kappa shape index (κ3) is 2.67. The summed E-state index contributed by atoms with van der Waals surface area (Å²) in [5.74, 6) is 0.722. The number of nitrogens with one attached hydrogen (secondary N) is 1. The molecule has 0 aliphatic carbocycles. The second-order valence-electron chi connectivity index (χ2n) is 6.11. The SMILES string of the molecule is Cc1nc([C@@H](C)c2n[nH]c(=O)c3ccccc23)n(-c2ccc(F)cc2)n1. The van der Waals surface area contributed by atoms with Gasteiger partial charge in [-0.25, -0.2) is 19.2 Å². The minimum absolute atomic E-state index is 0.229. The molecule has 2 aromatic carbocycles. The van der Waals surface area contributed by atoms with Crippen molar-refractivity contribution in [1.29, 1.82) is 0 Å². The van der Waals surface area contributed by atoms with Crippen LogP contribution in [0.4, 0.5) is 4.39 Å². The lowest BCUT2D eigenvalue weighted by molar-refractivity contribution is 0.626. The predicted octanol–water partition coefficient (Wildman–Crippen LogP) is 3.10. The standard InChI is InChI=1S/C19H16FN5O/c1-11(17-15-5-3-4-6-16(15)19(26)23-22-17)18-21-12(2)24-25(18)14-9-7-13(20)8-10-14/h3-11H,1-2H3,(H,23,26)/t11-/m0/s1. The van der Waals surface area contributed by atoms with E-state index in [1.807, 2.05) is 25.1 Å². The van der Waals surface area contributed by atoms with Crippen molar-refractivity contribution in [1.82, 2.24) is 25.0 Å². The van der Waals surface area contributed by atoms with Crippen LogP contribution in [0.15, 0.2) is 53.3 Å². The van der Waals surface area contributed by atoms with Gasteiger partial charge in [-0.3, -0.25) is 4.79 Å². The Morgan fingerprint density at radius 3 is 2.50 bits per heavy atom. The summed E-state index contributed by atoms with van der Waals surface area (Å²) in [6, 6.07) is 13.4. The van der Waals surface area contributed by atoms with E-state index in [0.29, 0.717) is 28.4 Å². The van der Waals surface area contributed by atoms with Crippen LogP contribution in [0.2, 0.25) is 0 Å². The molecule has 0 radical (unpaired) electrons. The van der Waals surface area contributed by atoms with Gasteiger partial charge in [0, 0.05) is 5.39 Å². The molecule has 0 spiro atoms. The Morgan fingerprint density at radius 1 is 1.08 bits per heavy atom. The quantitative estimate of drug-likeness (QED) is 0.617. The van der Waals surface area contributed by atoms with Crippen molar-refractivity contribution >= 4 is 10.8 Å². The molecule has 0 bridgehead atoms. The average Bonchev–Trinajstić information content (AvgIpc) is 3.04. The highest BCUT2D eigenvalue weighted by Gasteiger charge is 2.22. The molecule has 0 amide bonds. The Labute approximate surface area is 148 Å². The molecule has 0 aliphatic heterocycles. The number of hydrogen-bond acceptors (Lipinski definition) is 4. The highest BCUT2D eigenvalue weighted by Crippen LogP contribution is 2.27. The Hall–Kier alpha value is -3.35. The average molecular weight is 349 g/mol. The maximum atomic E-state index is 13.3. The van der Waals surface area contributed by atoms with Crippen LogP contribution in [0, 0.1) is 12.7 Å². The topological polar surface area (TPSA) is 76.5 Å². The summed E-state index contributed by atoms with van der Waals surface area (Å²) >= 11 is 0. The van der Waals surface area contributed by atoms with Crippen molar-refractivity contribution in [3.63, 3.8) is 0 Å². The van der Waals surface area contributed by atoms with Crippen LogP contribution in [0.1, 0.15) is 30.2 Å².